The van der Waals surface area contributed by atoms with Gasteiger partial charge in [0.05, 0.1) is 7.11 Å². The van der Waals surface area contributed by atoms with Crippen molar-refractivity contribution in [3.63, 3.8) is 0 Å². The monoisotopic (exact) mass is 270 g/mol. The quantitative estimate of drug-likeness (QED) is 0.890. The zero-order valence-electron chi connectivity index (χ0n) is 11.5. The molecule has 1 amide bonds. The Kier molecular flexibility index (Phi) is 3.56. The fourth-order valence-electron chi connectivity index (χ4n) is 2.47. The Bertz CT molecular complexity index is 635. The first-order valence-electron chi connectivity index (χ1n) is 6.84. The molecule has 2 N–H and O–H groups in total. The fraction of sp³-hybridized carbons (Fsp3) is 0.312. The van der Waals surface area contributed by atoms with Gasteiger partial charge in [0.25, 0.3) is 5.91 Å². The van der Waals surface area contributed by atoms with E-state index in [2.05, 4.69) is 10.6 Å². The van der Waals surface area contributed by atoms with Crippen LogP contribution in [0.2, 0.25) is 0 Å². The van der Waals surface area contributed by atoms with Crippen LogP contribution in [-0.2, 0) is 0 Å². The minimum atomic E-state index is -0.0178. The van der Waals surface area contributed by atoms with Crippen molar-refractivity contribution in [1.29, 1.82) is 0 Å². The highest BCUT2D eigenvalue weighted by atomic mass is 16.5. The van der Waals surface area contributed by atoms with E-state index in [1.165, 1.54) is 0 Å². The maximum Gasteiger partial charge on any atom is 0.251 e. The Morgan fingerprint density at radius 3 is 2.65 bits per heavy atom. The third-order valence-electron chi connectivity index (χ3n) is 3.77. The van der Waals surface area contributed by atoms with Crippen LogP contribution in [0.15, 0.2) is 36.4 Å². The third-order valence-corrected chi connectivity index (χ3v) is 3.77. The van der Waals surface area contributed by atoms with Gasteiger partial charge in [0.1, 0.15) is 5.75 Å². The van der Waals surface area contributed by atoms with Gasteiger partial charge in [-0.05, 0) is 17.5 Å². The van der Waals surface area contributed by atoms with Crippen molar-refractivity contribution in [3.05, 3.63) is 42.0 Å². The fourth-order valence-corrected chi connectivity index (χ4v) is 2.47. The molecule has 0 radical (unpaired) electrons. The van der Waals surface area contributed by atoms with Crippen LogP contribution < -0.4 is 15.4 Å². The van der Waals surface area contributed by atoms with E-state index in [0.717, 1.165) is 36.2 Å². The largest absolute Gasteiger partial charge is 0.496 e. The lowest BCUT2D eigenvalue weighted by molar-refractivity contribution is 0.0944. The van der Waals surface area contributed by atoms with E-state index >= 15 is 0 Å². The molecular formula is C16H18N2O2. The van der Waals surface area contributed by atoms with E-state index in [4.69, 9.17) is 4.74 Å². The van der Waals surface area contributed by atoms with E-state index in [1.807, 2.05) is 36.4 Å². The van der Waals surface area contributed by atoms with Crippen molar-refractivity contribution in [2.24, 2.45) is 5.92 Å². The summed E-state index contributed by atoms with van der Waals surface area (Å²) in [5.41, 5.74) is 0.702. The lowest BCUT2D eigenvalue weighted by Gasteiger charge is -2.27. The number of hydrogen-bond donors (Lipinski definition) is 2. The molecule has 0 spiro atoms. The number of fused-ring (bicyclic) bond motifs is 1. The molecule has 104 valence electrons. The Labute approximate surface area is 118 Å². The van der Waals surface area contributed by atoms with Gasteiger partial charge in [-0.3, -0.25) is 4.79 Å². The number of benzene rings is 2. The molecule has 0 atom stereocenters. The summed E-state index contributed by atoms with van der Waals surface area (Å²) < 4.78 is 5.35. The van der Waals surface area contributed by atoms with Gasteiger partial charge >= 0.3 is 0 Å². The summed E-state index contributed by atoms with van der Waals surface area (Å²) in [7, 11) is 1.64. The topological polar surface area (TPSA) is 50.4 Å². The Morgan fingerprint density at radius 2 is 2.00 bits per heavy atom. The molecule has 0 aliphatic carbocycles. The predicted octanol–water partition coefficient (Wildman–Crippen LogP) is 1.80. The molecule has 0 bridgehead atoms. The Hall–Kier alpha value is -2.07. The normalized spacial score (nSPS) is 14.8. The molecule has 2 aromatic carbocycles. The second-order valence-corrected chi connectivity index (χ2v) is 5.10. The van der Waals surface area contributed by atoms with E-state index in [9.17, 15) is 4.79 Å². The molecule has 2 aromatic rings. The minimum Gasteiger partial charge on any atom is -0.496 e. The van der Waals surface area contributed by atoms with E-state index in [1.54, 1.807) is 7.11 Å². The molecule has 1 aliphatic rings. The molecule has 1 heterocycles. The van der Waals surface area contributed by atoms with Crippen molar-refractivity contribution in [2.75, 3.05) is 26.7 Å². The van der Waals surface area contributed by atoms with E-state index in [-0.39, 0.29) is 5.91 Å². The number of methoxy groups -OCH3 is 1. The highest BCUT2D eigenvalue weighted by molar-refractivity contribution is 6.08. The lowest BCUT2D eigenvalue weighted by Crippen LogP contribution is -2.48. The summed E-state index contributed by atoms with van der Waals surface area (Å²) in [5, 5.41) is 8.10. The van der Waals surface area contributed by atoms with Gasteiger partial charge in [-0.15, -0.1) is 0 Å². The van der Waals surface area contributed by atoms with Crippen LogP contribution in [0.3, 0.4) is 0 Å². The van der Waals surface area contributed by atoms with Crippen LogP contribution in [0, 0.1) is 5.92 Å². The highest BCUT2D eigenvalue weighted by Crippen LogP contribution is 2.28. The molecule has 4 nitrogen and oxygen atoms in total. The first-order chi connectivity index (χ1) is 9.79. The van der Waals surface area contributed by atoms with Crippen LogP contribution in [0.25, 0.3) is 10.8 Å². The maximum absolute atomic E-state index is 12.3. The second kappa shape index (κ2) is 5.51. The summed E-state index contributed by atoms with van der Waals surface area (Å²) in [6, 6.07) is 11.5. The highest BCUT2D eigenvalue weighted by Gasteiger charge is 2.18. The summed E-state index contributed by atoms with van der Waals surface area (Å²) >= 11 is 0. The smallest absolute Gasteiger partial charge is 0.251 e. The molecule has 1 fully saturated rings. The molecule has 3 rings (SSSR count). The molecular weight excluding hydrogens is 252 g/mol. The molecule has 1 aliphatic heterocycles. The van der Waals surface area contributed by atoms with Gasteiger partial charge in [-0.1, -0.05) is 24.3 Å². The average Bonchev–Trinajstić information content (AvgIpc) is 2.44. The first-order valence-corrected chi connectivity index (χ1v) is 6.84. The van der Waals surface area contributed by atoms with Crippen molar-refractivity contribution in [1.82, 2.24) is 10.6 Å². The minimum absolute atomic E-state index is 0.0178. The molecule has 0 saturated carbocycles. The molecule has 0 aromatic heterocycles. The Balaban J connectivity index is 1.88. The number of ether oxygens (including phenoxy) is 1. The van der Waals surface area contributed by atoms with Crippen molar-refractivity contribution in [3.8, 4) is 5.75 Å². The summed E-state index contributed by atoms with van der Waals surface area (Å²) in [4.78, 5) is 12.3. The second-order valence-electron chi connectivity index (χ2n) is 5.10. The number of carbonyl (C=O) groups excluding carboxylic acids is 1. The molecule has 4 heteroatoms. The van der Waals surface area contributed by atoms with Crippen LogP contribution in [0.4, 0.5) is 0 Å². The van der Waals surface area contributed by atoms with Crippen molar-refractivity contribution >= 4 is 16.7 Å². The summed E-state index contributed by atoms with van der Waals surface area (Å²) in [6.45, 7) is 2.71. The zero-order valence-corrected chi connectivity index (χ0v) is 11.5. The van der Waals surface area contributed by atoms with Gasteiger partial charge in [0.15, 0.2) is 0 Å². The zero-order chi connectivity index (χ0) is 13.9. The summed E-state index contributed by atoms with van der Waals surface area (Å²) in [5.74, 6) is 1.33. The van der Waals surface area contributed by atoms with Crippen LogP contribution in [-0.4, -0.2) is 32.7 Å². The summed E-state index contributed by atoms with van der Waals surface area (Å²) in [6.07, 6.45) is 0. The van der Waals surface area contributed by atoms with Gasteiger partial charge in [0.2, 0.25) is 0 Å². The van der Waals surface area contributed by atoms with Crippen molar-refractivity contribution in [2.45, 2.75) is 0 Å². The molecule has 1 saturated heterocycles. The number of carbonyl (C=O) groups is 1. The van der Waals surface area contributed by atoms with E-state index < -0.39 is 0 Å². The van der Waals surface area contributed by atoms with Crippen LogP contribution >= 0.6 is 0 Å². The lowest BCUT2D eigenvalue weighted by atomic mass is 10.0. The van der Waals surface area contributed by atoms with Crippen LogP contribution in [0.1, 0.15) is 10.4 Å². The van der Waals surface area contributed by atoms with Gasteiger partial charge < -0.3 is 15.4 Å². The number of nitrogens with one attached hydrogen (secondary N) is 2. The molecule has 0 unspecified atom stereocenters. The average molecular weight is 270 g/mol. The number of rotatable bonds is 4. The van der Waals surface area contributed by atoms with Crippen LogP contribution in [0.5, 0.6) is 5.75 Å². The third kappa shape index (κ3) is 2.34. The predicted molar refractivity (Wildman–Crippen MR) is 79.2 cm³/mol. The first kappa shape index (κ1) is 12.9. The van der Waals surface area contributed by atoms with E-state index in [0.29, 0.717) is 11.5 Å². The standard InChI is InChI=1S/C16H18N2O2/c1-20-15-7-6-14(12-4-2-3-5-13(12)15)16(19)18-10-11-8-17-9-11/h2-7,11,17H,8-10H2,1H3,(H,18,19). The maximum atomic E-state index is 12.3. The van der Waals surface area contributed by atoms with Crippen molar-refractivity contribution < 1.29 is 9.53 Å². The number of amides is 1. The molecule has 20 heavy (non-hydrogen) atoms. The Morgan fingerprint density at radius 1 is 1.25 bits per heavy atom. The van der Waals surface area contributed by atoms with Gasteiger partial charge in [-0.2, -0.15) is 0 Å². The SMILES string of the molecule is COc1ccc(C(=O)NCC2CNC2)c2ccccc12. The van der Waals surface area contributed by atoms with Gasteiger partial charge in [-0.25, -0.2) is 0 Å². The van der Waals surface area contributed by atoms with Gasteiger partial charge in [0, 0.05) is 36.5 Å². The number of hydrogen-bond acceptors (Lipinski definition) is 3.